The quantitative estimate of drug-likeness (QED) is 0.597. The second-order valence-electron chi connectivity index (χ2n) is 5.40. The number of benzene rings is 2. The van der Waals surface area contributed by atoms with Gasteiger partial charge >= 0.3 is 0 Å². The fraction of sp³-hybridized carbons (Fsp3) is 0.111. The highest BCUT2D eigenvalue weighted by Gasteiger charge is 2.15. The average molecular weight is 420 g/mol. The van der Waals surface area contributed by atoms with Crippen molar-refractivity contribution in [1.82, 2.24) is 10.2 Å². The molecule has 0 spiro atoms. The predicted octanol–water partition coefficient (Wildman–Crippen LogP) is 4.98. The summed E-state index contributed by atoms with van der Waals surface area (Å²) < 4.78 is 17.3. The number of hydrogen-bond donors (Lipinski definition) is 0. The fourth-order valence-electron chi connectivity index (χ4n) is 2.40. The van der Waals surface area contributed by atoms with Crippen LogP contribution in [0.15, 0.2) is 45.3 Å². The Labute approximate surface area is 157 Å². The normalized spacial score (nSPS) is 12.9. The monoisotopic (exact) mass is 418 g/mol. The molecule has 0 amide bonds. The van der Waals surface area contributed by atoms with Crippen molar-refractivity contribution >= 4 is 39.7 Å². The maximum atomic E-state index is 6.24. The summed E-state index contributed by atoms with van der Waals surface area (Å²) in [7, 11) is 0. The SMILES string of the molecule is Clc1cc2c(cc1/C=C/c1nnc(Cc3ccc(Br)cc3)o1)OCO2. The van der Waals surface area contributed by atoms with Crippen LogP contribution in [-0.2, 0) is 6.42 Å². The number of aromatic nitrogens is 2. The first kappa shape index (κ1) is 16.2. The van der Waals surface area contributed by atoms with Gasteiger partial charge in [-0.15, -0.1) is 10.2 Å². The van der Waals surface area contributed by atoms with Gasteiger partial charge in [0.15, 0.2) is 11.5 Å². The molecule has 1 aromatic heterocycles. The molecule has 0 unspecified atom stereocenters. The fourth-order valence-corrected chi connectivity index (χ4v) is 2.88. The molecular weight excluding hydrogens is 408 g/mol. The molecule has 0 N–H and O–H groups in total. The summed E-state index contributed by atoms with van der Waals surface area (Å²) in [6, 6.07) is 11.5. The Kier molecular flexibility index (Phi) is 4.46. The van der Waals surface area contributed by atoms with Crippen molar-refractivity contribution in [3.63, 3.8) is 0 Å². The van der Waals surface area contributed by atoms with Gasteiger partial charge in [0.25, 0.3) is 0 Å². The smallest absolute Gasteiger partial charge is 0.240 e. The molecule has 7 heteroatoms. The minimum absolute atomic E-state index is 0.210. The van der Waals surface area contributed by atoms with E-state index in [2.05, 4.69) is 26.1 Å². The van der Waals surface area contributed by atoms with Crippen LogP contribution in [0.5, 0.6) is 11.5 Å². The number of fused-ring (bicyclic) bond motifs is 1. The van der Waals surface area contributed by atoms with Gasteiger partial charge in [-0.3, -0.25) is 0 Å². The zero-order valence-electron chi connectivity index (χ0n) is 12.9. The molecule has 0 saturated heterocycles. The number of hydrogen-bond acceptors (Lipinski definition) is 5. The number of halogens is 2. The second-order valence-corrected chi connectivity index (χ2v) is 6.72. The Morgan fingerprint density at radius 3 is 2.60 bits per heavy atom. The van der Waals surface area contributed by atoms with E-state index in [1.165, 1.54) is 0 Å². The minimum Gasteiger partial charge on any atom is -0.454 e. The zero-order valence-corrected chi connectivity index (χ0v) is 15.3. The molecule has 126 valence electrons. The van der Waals surface area contributed by atoms with Crippen LogP contribution in [-0.4, -0.2) is 17.0 Å². The maximum Gasteiger partial charge on any atom is 0.240 e. The summed E-state index contributed by atoms with van der Waals surface area (Å²) in [5, 5.41) is 8.67. The van der Waals surface area contributed by atoms with Gasteiger partial charge < -0.3 is 13.9 Å². The first-order valence-corrected chi connectivity index (χ1v) is 8.68. The number of nitrogens with zero attached hydrogens (tertiary/aromatic N) is 2. The highest BCUT2D eigenvalue weighted by Crippen LogP contribution is 2.37. The number of rotatable bonds is 4. The Balaban J connectivity index is 1.49. The highest BCUT2D eigenvalue weighted by atomic mass is 79.9. The summed E-state index contributed by atoms with van der Waals surface area (Å²) in [6.45, 7) is 0.210. The molecule has 4 rings (SSSR count). The lowest BCUT2D eigenvalue weighted by Gasteiger charge is -2.00. The maximum absolute atomic E-state index is 6.24. The Morgan fingerprint density at radius 1 is 1.04 bits per heavy atom. The van der Waals surface area contributed by atoms with Crippen LogP contribution in [0.3, 0.4) is 0 Å². The first-order valence-electron chi connectivity index (χ1n) is 7.51. The molecule has 0 saturated carbocycles. The van der Waals surface area contributed by atoms with E-state index >= 15 is 0 Å². The van der Waals surface area contributed by atoms with E-state index in [0.717, 1.165) is 15.6 Å². The molecule has 0 radical (unpaired) electrons. The summed E-state index contributed by atoms with van der Waals surface area (Å²) in [5.41, 5.74) is 1.89. The first-order chi connectivity index (χ1) is 12.2. The molecule has 2 heterocycles. The van der Waals surface area contributed by atoms with E-state index in [0.29, 0.717) is 34.7 Å². The molecular formula is C18H12BrClN2O3. The van der Waals surface area contributed by atoms with Crippen molar-refractivity contribution in [2.75, 3.05) is 6.79 Å². The van der Waals surface area contributed by atoms with Gasteiger partial charge in [0.05, 0.1) is 11.4 Å². The van der Waals surface area contributed by atoms with E-state index in [1.54, 1.807) is 18.2 Å². The van der Waals surface area contributed by atoms with Crippen LogP contribution in [0.4, 0.5) is 0 Å². The van der Waals surface area contributed by atoms with E-state index in [-0.39, 0.29) is 6.79 Å². The van der Waals surface area contributed by atoms with Crippen LogP contribution >= 0.6 is 27.5 Å². The Hall–Kier alpha value is -2.31. The molecule has 3 aromatic rings. The third-order valence-corrected chi connectivity index (χ3v) is 4.50. The van der Waals surface area contributed by atoms with Crippen LogP contribution in [0.1, 0.15) is 22.9 Å². The van der Waals surface area contributed by atoms with Crippen molar-refractivity contribution in [2.24, 2.45) is 0 Å². The third kappa shape index (κ3) is 3.70. The van der Waals surface area contributed by atoms with E-state index in [4.69, 9.17) is 25.5 Å². The van der Waals surface area contributed by atoms with Crippen LogP contribution in [0.25, 0.3) is 12.2 Å². The Morgan fingerprint density at radius 2 is 1.80 bits per heavy atom. The minimum atomic E-state index is 0.210. The predicted molar refractivity (Wildman–Crippen MR) is 97.7 cm³/mol. The van der Waals surface area contributed by atoms with Crippen molar-refractivity contribution in [3.8, 4) is 11.5 Å². The van der Waals surface area contributed by atoms with Gasteiger partial charge in [-0.1, -0.05) is 39.7 Å². The standard InChI is InChI=1S/C18H12BrClN2O3/c19-13-4-1-11(2-5-13)7-18-22-21-17(25-18)6-3-12-8-15-16(9-14(12)20)24-10-23-15/h1-6,8-9H,7,10H2/b6-3+. The molecule has 1 aliphatic rings. The van der Waals surface area contributed by atoms with Gasteiger partial charge in [-0.2, -0.15) is 0 Å². The molecule has 5 nitrogen and oxygen atoms in total. The molecule has 25 heavy (non-hydrogen) atoms. The largest absolute Gasteiger partial charge is 0.454 e. The van der Waals surface area contributed by atoms with Gasteiger partial charge in [-0.05, 0) is 35.4 Å². The van der Waals surface area contributed by atoms with E-state index < -0.39 is 0 Å². The van der Waals surface area contributed by atoms with Crippen molar-refractivity contribution < 1.29 is 13.9 Å². The summed E-state index contributed by atoms with van der Waals surface area (Å²) >= 11 is 9.66. The molecule has 0 bridgehead atoms. The van der Waals surface area contributed by atoms with Crippen LogP contribution in [0, 0.1) is 0 Å². The second kappa shape index (κ2) is 6.90. The Bertz CT molecular complexity index is 938. The van der Waals surface area contributed by atoms with Gasteiger partial charge in [0.2, 0.25) is 18.6 Å². The van der Waals surface area contributed by atoms with Gasteiger partial charge in [0.1, 0.15) is 0 Å². The highest BCUT2D eigenvalue weighted by molar-refractivity contribution is 9.10. The average Bonchev–Trinajstić information content (AvgIpc) is 3.23. The molecule has 0 fully saturated rings. The third-order valence-electron chi connectivity index (χ3n) is 3.65. The number of ether oxygens (including phenoxy) is 2. The zero-order chi connectivity index (χ0) is 17.2. The van der Waals surface area contributed by atoms with Gasteiger partial charge in [0, 0.05) is 16.6 Å². The molecule has 0 aliphatic carbocycles. The summed E-state index contributed by atoms with van der Waals surface area (Å²) in [6.07, 6.45) is 4.11. The molecule has 2 aromatic carbocycles. The lowest BCUT2D eigenvalue weighted by molar-refractivity contribution is 0.174. The van der Waals surface area contributed by atoms with Crippen molar-refractivity contribution in [1.29, 1.82) is 0 Å². The lowest BCUT2D eigenvalue weighted by Crippen LogP contribution is -1.92. The topological polar surface area (TPSA) is 57.4 Å². The molecule has 0 atom stereocenters. The van der Waals surface area contributed by atoms with Crippen molar-refractivity contribution in [3.05, 3.63) is 68.8 Å². The van der Waals surface area contributed by atoms with E-state index in [1.807, 2.05) is 30.3 Å². The summed E-state index contributed by atoms with van der Waals surface area (Å²) in [4.78, 5) is 0. The van der Waals surface area contributed by atoms with Crippen LogP contribution in [0.2, 0.25) is 5.02 Å². The summed E-state index contributed by atoms with van der Waals surface area (Å²) in [5.74, 6) is 2.29. The van der Waals surface area contributed by atoms with E-state index in [9.17, 15) is 0 Å². The van der Waals surface area contributed by atoms with Gasteiger partial charge in [-0.25, -0.2) is 0 Å². The molecule has 1 aliphatic heterocycles. The van der Waals surface area contributed by atoms with Crippen molar-refractivity contribution in [2.45, 2.75) is 6.42 Å². The van der Waals surface area contributed by atoms with Crippen LogP contribution < -0.4 is 9.47 Å². The lowest BCUT2D eigenvalue weighted by atomic mass is 10.1.